The minimum atomic E-state index is -0.696. The summed E-state index contributed by atoms with van der Waals surface area (Å²) in [6.45, 7) is 1.43. The van der Waals surface area contributed by atoms with Gasteiger partial charge in [-0.05, 0) is 55.5 Å². The van der Waals surface area contributed by atoms with Gasteiger partial charge in [0.1, 0.15) is 5.75 Å². The second-order valence-electron chi connectivity index (χ2n) is 7.13. The highest BCUT2D eigenvalue weighted by Crippen LogP contribution is 2.31. The van der Waals surface area contributed by atoms with Crippen molar-refractivity contribution in [3.05, 3.63) is 90.0 Å². The fraction of sp³-hybridized carbons (Fsp3) is 0.0400. The van der Waals surface area contributed by atoms with Gasteiger partial charge in [0.15, 0.2) is 5.78 Å². The molecule has 7 nitrogen and oxygen atoms in total. The van der Waals surface area contributed by atoms with Crippen LogP contribution in [0.1, 0.15) is 27.6 Å². The molecule has 0 aliphatic rings. The molecule has 4 aromatic rings. The first-order valence-electron chi connectivity index (χ1n) is 9.84. The van der Waals surface area contributed by atoms with Gasteiger partial charge in [-0.25, -0.2) is 9.78 Å². The highest BCUT2D eigenvalue weighted by Gasteiger charge is 2.18. The number of phenols is 1. The zero-order chi connectivity index (χ0) is 22.7. The zero-order valence-electron chi connectivity index (χ0n) is 17.1. The number of nitrogens with one attached hydrogen (secondary N) is 2. The number of aromatic hydroxyl groups is 1. The molecule has 7 heteroatoms. The molecule has 0 aliphatic carbocycles. The van der Waals surface area contributed by atoms with Crippen LogP contribution in [0.25, 0.3) is 22.2 Å². The number of hydrogen-bond acceptors (Lipinski definition) is 5. The topological polar surface area (TPSA) is 108 Å². The van der Waals surface area contributed by atoms with Crippen molar-refractivity contribution >= 4 is 34.3 Å². The molecule has 32 heavy (non-hydrogen) atoms. The molecular weight excluding hydrogens is 406 g/mol. The van der Waals surface area contributed by atoms with E-state index in [2.05, 4.69) is 15.6 Å². The highest BCUT2D eigenvalue weighted by atomic mass is 16.3. The number of amides is 3. The summed E-state index contributed by atoms with van der Waals surface area (Å²) in [6, 6.07) is 21.0. The first-order valence-corrected chi connectivity index (χ1v) is 9.84. The molecule has 0 unspecified atom stereocenters. The number of carbonyl (C=O) groups is 3. The van der Waals surface area contributed by atoms with Crippen LogP contribution in [-0.2, 0) is 0 Å². The molecule has 0 aliphatic heterocycles. The number of nitrogens with zero attached hydrogens (tertiary/aromatic N) is 1. The van der Waals surface area contributed by atoms with E-state index in [0.29, 0.717) is 33.4 Å². The SMILES string of the molecule is CC(=O)c1ccc2nc(-c3ccccc3O)cc(C(=O)NC(=O)Nc3ccccc3)c2c1. The van der Waals surface area contributed by atoms with E-state index >= 15 is 0 Å². The molecule has 0 spiro atoms. The lowest BCUT2D eigenvalue weighted by Crippen LogP contribution is -2.34. The Kier molecular flexibility index (Phi) is 5.63. The van der Waals surface area contributed by atoms with Crippen LogP contribution in [0.5, 0.6) is 5.75 Å². The number of benzene rings is 3. The van der Waals surface area contributed by atoms with Crippen molar-refractivity contribution in [2.75, 3.05) is 5.32 Å². The molecule has 1 aromatic heterocycles. The van der Waals surface area contributed by atoms with Crippen LogP contribution in [-0.4, -0.2) is 27.8 Å². The molecule has 3 N–H and O–H groups in total. The quantitative estimate of drug-likeness (QED) is 0.408. The van der Waals surface area contributed by atoms with Crippen molar-refractivity contribution in [3.63, 3.8) is 0 Å². The summed E-state index contributed by atoms with van der Waals surface area (Å²) in [5.74, 6) is -0.819. The van der Waals surface area contributed by atoms with Crippen LogP contribution in [0.3, 0.4) is 0 Å². The summed E-state index contributed by atoms with van der Waals surface area (Å²) >= 11 is 0. The molecule has 1 heterocycles. The van der Waals surface area contributed by atoms with Crippen LogP contribution in [0.2, 0.25) is 0 Å². The Morgan fingerprint density at radius 3 is 2.31 bits per heavy atom. The van der Waals surface area contributed by atoms with Gasteiger partial charge in [-0.15, -0.1) is 0 Å². The number of urea groups is 1. The Morgan fingerprint density at radius 1 is 0.875 bits per heavy atom. The molecule has 158 valence electrons. The van der Waals surface area contributed by atoms with Crippen molar-refractivity contribution in [2.24, 2.45) is 0 Å². The van der Waals surface area contributed by atoms with Gasteiger partial charge in [0.05, 0.1) is 16.8 Å². The lowest BCUT2D eigenvalue weighted by molar-refractivity contribution is 0.0966. The van der Waals surface area contributed by atoms with E-state index in [1.165, 1.54) is 19.1 Å². The normalized spacial score (nSPS) is 10.5. The zero-order valence-corrected chi connectivity index (χ0v) is 17.1. The molecule has 0 saturated heterocycles. The van der Waals surface area contributed by atoms with Crippen molar-refractivity contribution < 1.29 is 19.5 Å². The van der Waals surface area contributed by atoms with E-state index in [1.807, 2.05) is 6.07 Å². The van der Waals surface area contributed by atoms with E-state index in [0.717, 1.165) is 0 Å². The van der Waals surface area contributed by atoms with E-state index < -0.39 is 11.9 Å². The summed E-state index contributed by atoms with van der Waals surface area (Å²) in [5.41, 5.74) is 2.35. The summed E-state index contributed by atoms with van der Waals surface area (Å²) in [5, 5.41) is 15.6. The maximum absolute atomic E-state index is 13.1. The molecule has 0 radical (unpaired) electrons. The summed E-state index contributed by atoms with van der Waals surface area (Å²) in [7, 11) is 0. The van der Waals surface area contributed by atoms with Gasteiger partial charge in [-0.3, -0.25) is 14.9 Å². The summed E-state index contributed by atoms with van der Waals surface area (Å²) < 4.78 is 0. The van der Waals surface area contributed by atoms with E-state index in [1.54, 1.807) is 60.7 Å². The Labute approximate surface area is 183 Å². The van der Waals surface area contributed by atoms with Gasteiger partial charge in [-0.1, -0.05) is 30.3 Å². The van der Waals surface area contributed by atoms with Gasteiger partial charge in [0, 0.05) is 22.2 Å². The van der Waals surface area contributed by atoms with Gasteiger partial charge < -0.3 is 10.4 Å². The second-order valence-corrected chi connectivity index (χ2v) is 7.13. The number of rotatable bonds is 4. The number of ketones is 1. The van der Waals surface area contributed by atoms with Gasteiger partial charge in [0.2, 0.25) is 0 Å². The summed E-state index contributed by atoms with van der Waals surface area (Å²) in [4.78, 5) is 41.8. The Hall–Kier alpha value is -4.52. The number of pyridine rings is 1. The van der Waals surface area contributed by atoms with Crippen LogP contribution < -0.4 is 10.6 Å². The van der Waals surface area contributed by atoms with Crippen molar-refractivity contribution in [1.29, 1.82) is 0 Å². The first kappa shape index (κ1) is 20.7. The number of Topliss-reactive ketones (excluding diaryl/α,β-unsaturated/α-hetero) is 1. The Balaban J connectivity index is 1.77. The lowest BCUT2D eigenvalue weighted by atomic mass is 10.0. The smallest absolute Gasteiger partial charge is 0.326 e. The minimum Gasteiger partial charge on any atom is -0.507 e. The van der Waals surface area contributed by atoms with E-state index in [9.17, 15) is 19.5 Å². The third kappa shape index (κ3) is 4.32. The van der Waals surface area contributed by atoms with Gasteiger partial charge in [0.25, 0.3) is 5.91 Å². The number of fused-ring (bicyclic) bond motifs is 1. The van der Waals surface area contributed by atoms with E-state index in [4.69, 9.17) is 0 Å². The number of aromatic nitrogens is 1. The molecule has 0 fully saturated rings. The number of imide groups is 1. The molecule has 0 saturated carbocycles. The maximum Gasteiger partial charge on any atom is 0.326 e. The second kappa shape index (κ2) is 8.69. The fourth-order valence-electron chi connectivity index (χ4n) is 3.32. The van der Waals surface area contributed by atoms with Crippen molar-refractivity contribution in [1.82, 2.24) is 10.3 Å². The standard InChI is InChI=1S/C25H19N3O4/c1-15(29)16-11-12-21-19(13-16)20(14-22(27-21)18-9-5-6-10-23(18)30)24(31)28-25(32)26-17-7-3-2-4-8-17/h2-14,30H,1H3,(H2,26,28,31,32). The molecular formula is C25H19N3O4. The highest BCUT2D eigenvalue weighted by molar-refractivity contribution is 6.15. The number of carbonyl (C=O) groups excluding carboxylic acids is 3. The van der Waals surface area contributed by atoms with Gasteiger partial charge in [-0.2, -0.15) is 0 Å². The molecule has 0 atom stereocenters. The Morgan fingerprint density at radius 2 is 1.59 bits per heavy atom. The van der Waals surface area contributed by atoms with Crippen LogP contribution in [0.15, 0.2) is 78.9 Å². The third-order valence-electron chi connectivity index (χ3n) is 4.90. The number of para-hydroxylation sites is 2. The monoisotopic (exact) mass is 425 g/mol. The fourth-order valence-corrected chi connectivity index (χ4v) is 3.32. The Bertz CT molecular complexity index is 1350. The van der Waals surface area contributed by atoms with Crippen LogP contribution in [0, 0.1) is 0 Å². The van der Waals surface area contributed by atoms with Gasteiger partial charge >= 0.3 is 6.03 Å². The lowest BCUT2D eigenvalue weighted by Gasteiger charge is -2.12. The third-order valence-corrected chi connectivity index (χ3v) is 4.90. The molecule has 4 rings (SSSR count). The van der Waals surface area contributed by atoms with Crippen LogP contribution >= 0.6 is 0 Å². The average Bonchev–Trinajstić information content (AvgIpc) is 2.78. The predicted molar refractivity (Wildman–Crippen MR) is 122 cm³/mol. The number of phenolic OH excluding ortho intramolecular Hbond substituents is 1. The predicted octanol–water partition coefficient (Wildman–Crippen LogP) is 4.77. The van der Waals surface area contributed by atoms with Crippen LogP contribution in [0.4, 0.5) is 10.5 Å². The summed E-state index contributed by atoms with van der Waals surface area (Å²) in [6.07, 6.45) is 0. The average molecular weight is 425 g/mol. The largest absolute Gasteiger partial charge is 0.507 e. The van der Waals surface area contributed by atoms with Crippen molar-refractivity contribution in [3.8, 4) is 17.0 Å². The van der Waals surface area contributed by atoms with E-state index in [-0.39, 0.29) is 17.1 Å². The molecule has 0 bridgehead atoms. The minimum absolute atomic E-state index is 0.00730. The maximum atomic E-state index is 13.1. The molecule has 3 aromatic carbocycles. The number of anilines is 1. The first-order chi connectivity index (χ1) is 15.4. The number of hydrogen-bond donors (Lipinski definition) is 3. The van der Waals surface area contributed by atoms with Crippen molar-refractivity contribution in [2.45, 2.75) is 6.92 Å². The molecule has 3 amide bonds.